The number of carbonyl (C=O) groups excluding carboxylic acids is 1. The molecule has 3 heterocycles. The summed E-state index contributed by atoms with van der Waals surface area (Å²) in [5.41, 5.74) is 2.35. The number of aromatic hydroxyl groups is 1. The highest BCUT2D eigenvalue weighted by Gasteiger charge is 2.33. The fourth-order valence-electron chi connectivity index (χ4n) is 4.50. The molecule has 2 atom stereocenters. The van der Waals surface area contributed by atoms with Crippen LogP contribution in [0.3, 0.4) is 0 Å². The van der Waals surface area contributed by atoms with Crippen molar-refractivity contribution in [2.45, 2.75) is 25.5 Å². The second kappa shape index (κ2) is 9.44. The molecule has 2 saturated heterocycles. The van der Waals surface area contributed by atoms with E-state index >= 15 is 0 Å². The molecular weight excluding hydrogens is 436 g/mol. The molecule has 34 heavy (non-hydrogen) atoms. The van der Waals surface area contributed by atoms with E-state index in [0.717, 1.165) is 16.5 Å². The Morgan fingerprint density at radius 3 is 2.85 bits per heavy atom. The molecule has 1 unspecified atom stereocenters. The van der Waals surface area contributed by atoms with E-state index in [1.165, 1.54) is 0 Å². The fraction of sp³-hybridized carbons (Fsp3) is 0.400. The van der Waals surface area contributed by atoms with Gasteiger partial charge in [-0.3, -0.25) is 0 Å². The SMILES string of the molecule is Cc1ccc2c(N3CCN(C(=O)O[C@H]4CCOC4)CC3CO)nc(-c3ccccc3O)nc2c1.[HH].[HH]. The molecule has 2 aromatic carbocycles. The minimum atomic E-state index is -0.383. The molecule has 0 radical (unpaired) electrons. The Balaban J connectivity index is 0.00000180. The van der Waals surface area contributed by atoms with Gasteiger partial charge in [0.2, 0.25) is 0 Å². The summed E-state index contributed by atoms with van der Waals surface area (Å²) in [7, 11) is 0. The quantitative estimate of drug-likeness (QED) is 0.601. The van der Waals surface area contributed by atoms with Gasteiger partial charge >= 0.3 is 6.09 Å². The Hall–Kier alpha value is -3.43. The number of carbonyl (C=O) groups is 1. The molecule has 0 bridgehead atoms. The first kappa shape index (κ1) is 22.4. The summed E-state index contributed by atoms with van der Waals surface area (Å²) in [4.78, 5) is 25.9. The van der Waals surface area contributed by atoms with Crippen LogP contribution in [0.25, 0.3) is 22.3 Å². The molecule has 2 aliphatic rings. The zero-order chi connectivity index (χ0) is 23.7. The highest BCUT2D eigenvalue weighted by Crippen LogP contribution is 2.33. The molecule has 9 nitrogen and oxygen atoms in total. The first-order valence-corrected chi connectivity index (χ1v) is 11.5. The van der Waals surface area contributed by atoms with E-state index < -0.39 is 0 Å². The van der Waals surface area contributed by atoms with Crippen molar-refractivity contribution in [3.8, 4) is 17.1 Å². The number of para-hydroxylation sites is 1. The number of phenols is 1. The maximum atomic E-state index is 12.7. The number of fused-ring (bicyclic) bond motifs is 1. The van der Waals surface area contributed by atoms with Gasteiger partial charge in [0.1, 0.15) is 17.7 Å². The lowest BCUT2D eigenvalue weighted by atomic mass is 10.1. The number of aliphatic hydroxyl groups excluding tert-OH is 1. The predicted molar refractivity (Wildman–Crippen MR) is 131 cm³/mol. The van der Waals surface area contributed by atoms with Gasteiger partial charge in [0.15, 0.2) is 5.82 Å². The molecule has 5 rings (SSSR count). The van der Waals surface area contributed by atoms with Crippen molar-refractivity contribution in [3.05, 3.63) is 48.0 Å². The maximum absolute atomic E-state index is 12.7. The van der Waals surface area contributed by atoms with E-state index in [1.54, 1.807) is 23.1 Å². The minimum Gasteiger partial charge on any atom is -0.507 e. The summed E-state index contributed by atoms with van der Waals surface area (Å²) < 4.78 is 10.9. The number of ether oxygens (including phenoxy) is 2. The van der Waals surface area contributed by atoms with Gasteiger partial charge in [0.05, 0.1) is 36.9 Å². The third-order valence-corrected chi connectivity index (χ3v) is 6.36. The van der Waals surface area contributed by atoms with Crippen molar-refractivity contribution in [1.29, 1.82) is 0 Å². The second-order valence-electron chi connectivity index (χ2n) is 8.75. The van der Waals surface area contributed by atoms with Crippen LogP contribution in [-0.4, -0.2) is 82.8 Å². The zero-order valence-corrected chi connectivity index (χ0v) is 19.1. The van der Waals surface area contributed by atoms with E-state index in [2.05, 4.69) is 0 Å². The summed E-state index contributed by atoms with van der Waals surface area (Å²) in [6, 6.07) is 12.6. The number of rotatable bonds is 4. The maximum Gasteiger partial charge on any atom is 0.410 e. The lowest BCUT2D eigenvalue weighted by Crippen LogP contribution is -2.57. The van der Waals surface area contributed by atoms with Crippen molar-refractivity contribution in [2.75, 3.05) is 44.4 Å². The van der Waals surface area contributed by atoms with Gasteiger partial charge in [-0.2, -0.15) is 0 Å². The van der Waals surface area contributed by atoms with Gasteiger partial charge in [0, 0.05) is 34.3 Å². The molecule has 1 amide bonds. The number of anilines is 1. The summed E-state index contributed by atoms with van der Waals surface area (Å²) in [5, 5.41) is 21.5. The largest absolute Gasteiger partial charge is 0.507 e. The Labute approximate surface area is 200 Å². The van der Waals surface area contributed by atoms with E-state index in [9.17, 15) is 15.0 Å². The van der Waals surface area contributed by atoms with Crippen molar-refractivity contribution >= 4 is 22.8 Å². The van der Waals surface area contributed by atoms with Gasteiger partial charge in [-0.05, 0) is 36.8 Å². The van der Waals surface area contributed by atoms with Gasteiger partial charge in [-0.25, -0.2) is 14.8 Å². The average molecular weight is 469 g/mol. The Morgan fingerprint density at radius 2 is 2.09 bits per heavy atom. The molecule has 0 spiro atoms. The first-order valence-electron chi connectivity index (χ1n) is 11.5. The van der Waals surface area contributed by atoms with Crippen LogP contribution in [0.5, 0.6) is 5.75 Å². The summed E-state index contributed by atoms with van der Waals surface area (Å²) in [6.45, 7) is 4.10. The highest BCUT2D eigenvalue weighted by molar-refractivity contribution is 5.92. The average Bonchev–Trinajstić information content (AvgIpc) is 3.36. The van der Waals surface area contributed by atoms with Gasteiger partial charge in [-0.15, -0.1) is 0 Å². The van der Waals surface area contributed by atoms with E-state index in [-0.39, 0.29) is 33.4 Å². The molecule has 9 heteroatoms. The van der Waals surface area contributed by atoms with Crippen molar-refractivity contribution in [1.82, 2.24) is 14.9 Å². The summed E-state index contributed by atoms with van der Waals surface area (Å²) in [5.74, 6) is 1.17. The number of aliphatic hydroxyl groups is 1. The van der Waals surface area contributed by atoms with Crippen molar-refractivity contribution < 1.29 is 27.3 Å². The topological polar surface area (TPSA) is 108 Å². The smallest absolute Gasteiger partial charge is 0.410 e. The Morgan fingerprint density at radius 1 is 1.24 bits per heavy atom. The van der Waals surface area contributed by atoms with Crippen LogP contribution in [0.4, 0.5) is 10.6 Å². The number of aryl methyl sites for hydroxylation is 1. The van der Waals surface area contributed by atoms with Gasteiger partial charge in [-0.1, -0.05) is 18.2 Å². The molecule has 1 aromatic heterocycles. The molecule has 0 saturated carbocycles. The van der Waals surface area contributed by atoms with Crippen LogP contribution < -0.4 is 4.90 Å². The number of benzene rings is 2. The predicted octanol–water partition coefficient (Wildman–Crippen LogP) is 3.21. The minimum absolute atomic E-state index is 0. The summed E-state index contributed by atoms with van der Waals surface area (Å²) >= 11 is 0. The number of piperazine rings is 1. The van der Waals surface area contributed by atoms with Crippen molar-refractivity contribution in [2.24, 2.45) is 0 Å². The molecule has 0 aliphatic carbocycles. The van der Waals surface area contributed by atoms with Crippen LogP contribution >= 0.6 is 0 Å². The molecule has 3 aromatic rings. The van der Waals surface area contributed by atoms with Crippen LogP contribution in [-0.2, 0) is 9.47 Å². The molecule has 2 N–H and O–H groups in total. The van der Waals surface area contributed by atoms with E-state index in [1.807, 2.05) is 36.1 Å². The lowest BCUT2D eigenvalue weighted by molar-refractivity contribution is 0.0477. The number of phenolic OH excluding ortho intramolecular Hbond substituents is 1. The summed E-state index contributed by atoms with van der Waals surface area (Å²) in [6.07, 6.45) is 0.108. The van der Waals surface area contributed by atoms with Crippen LogP contribution in [0.15, 0.2) is 42.5 Å². The monoisotopic (exact) mass is 468 g/mol. The lowest BCUT2D eigenvalue weighted by Gasteiger charge is -2.41. The number of amides is 1. The molecular formula is C25H32N4O5. The van der Waals surface area contributed by atoms with E-state index in [4.69, 9.17) is 19.4 Å². The van der Waals surface area contributed by atoms with Crippen LogP contribution in [0.2, 0.25) is 0 Å². The third-order valence-electron chi connectivity index (χ3n) is 6.36. The van der Waals surface area contributed by atoms with Crippen molar-refractivity contribution in [3.63, 3.8) is 0 Å². The highest BCUT2D eigenvalue weighted by atomic mass is 16.6. The number of hydrogen-bond donors (Lipinski definition) is 2. The molecule has 2 aliphatic heterocycles. The first-order chi connectivity index (χ1) is 16.5. The fourth-order valence-corrected chi connectivity index (χ4v) is 4.50. The number of aromatic nitrogens is 2. The van der Waals surface area contributed by atoms with E-state index in [0.29, 0.717) is 56.5 Å². The normalized spacial score (nSPS) is 20.6. The Kier molecular flexibility index (Phi) is 6.21. The Bertz CT molecular complexity index is 1210. The van der Waals surface area contributed by atoms with Gasteiger partial charge < -0.3 is 29.5 Å². The molecule has 2 fully saturated rings. The number of nitrogens with zero attached hydrogens (tertiary/aromatic N) is 4. The van der Waals surface area contributed by atoms with Crippen LogP contribution in [0, 0.1) is 6.92 Å². The molecule has 182 valence electrons. The second-order valence-corrected chi connectivity index (χ2v) is 8.75. The third kappa shape index (κ3) is 4.36. The zero-order valence-electron chi connectivity index (χ0n) is 19.1. The standard InChI is InChI=1S/C25H28N4O5.2H2/c1-16-6-7-19-21(12-16)26-23(20-4-2-3-5-22(20)31)27-24(19)29-10-9-28(13-17(29)14-30)25(32)34-18-8-11-33-15-18;;/h2-7,12,17-18,30-31H,8-11,13-15H2,1H3;2*1H/t17?,18-;;/m0../s1. The number of hydrogen-bond acceptors (Lipinski definition) is 8. The van der Waals surface area contributed by atoms with Crippen LogP contribution in [0.1, 0.15) is 14.8 Å². The van der Waals surface area contributed by atoms with Gasteiger partial charge in [0.25, 0.3) is 0 Å².